The molecule has 0 radical (unpaired) electrons. The number of para-hydroxylation sites is 5. The smallest absolute Gasteiger partial charge is 0.137 e. The quantitative estimate of drug-likeness (QED) is 0.172. The molecule has 16 rings (SSSR count). The highest BCUT2D eigenvalue weighted by molar-refractivity contribution is 6.18. The maximum absolute atomic E-state index is 6.58. The monoisotopic (exact) mass is 937 g/mol. The second kappa shape index (κ2) is 16.1. The van der Waals surface area contributed by atoms with Crippen molar-refractivity contribution in [1.29, 1.82) is 0 Å². The minimum atomic E-state index is -0.00845. The van der Waals surface area contributed by atoms with Crippen molar-refractivity contribution < 1.29 is 9.15 Å². The number of ether oxygens (including phenoxy) is 1. The van der Waals surface area contributed by atoms with Gasteiger partial charge in [-0.25, -0.2) is 0 Å². The second-order valence-electron chi connectivity index (χ2n) is 19.2. The van der Waals surface area contributed by atoms with Gasteiger partial charge in [0, 0.05) is 89.6 Å². The third-order valence-electron chi connectivity index (χ3n) is 15.3. The second-order valence-corrected chi connectivity index (χ2v) is 19.2. The lowest BCUT2D eigenvalue weighted by Crippen LogP contribution is -2.21. The number of hydrogen-bond donors (Lipinski definition) is 0. The van der Waals surface area contributed by atoms with Gasteiger partial charge < -0.3 is 22.9 Å². The van der Waals surface area contributed by atoms with Crippen molar-refractivity contribution in [2.75, 3.05) is 0 Å². The summed E-state index contributed by atoms with van der Waals surface area (Å²) in [5.41, 5.74) is 20.8. The lowest BCUT2D eigenvalue weighted by molar-refractivity contribution is 0.274. The maximum atomic E-state index is 6.58. The van der Waals surface area contributed by atoms with Gasteiger partial charge in [0.05, 0.1) is 27.6 Å². The molecule has 1 unspecified atom stereocenters. The van der Waals surface area contributed by atoms with Crippen molar-refractivity contribution in [3.8, 4) is 45.1 Å². The Labute approximate surface area is 421 Å². The van der Waals surface area contributed by atoms with Crippen LogP contribution in [0.25, 0.3) is 127 Å². The van der Waals surface area contributed by atoms with Crippen LogP contribution in [0.1, 0.15) is 30.7 Å². The average molecular weight is 938 g/mol. The highest BCUT2D eigenvalue weighted by Crippen LogP contribution is 2.47. The van der Waals surface area contributed by atoms with Crippen molar-refractivity contribution in [1.82, 2.24) is 13.7 Å². The van der Waals surface area contributed by atoms with Gasteiger partial charge in [0.15, 0.2) is 0 Å². The van der Waals surface area contributed by atoms with Gasteiger partial charge in [-0.1, -0.05) is 129 Å². The van der Waals surface area contributed by atoms with E-state index in [9.17, 15) is 0 Å². The van der Waals surface area contributed by atoms with Crippen LogP contribution in [0.15, 0.2) is 229 Å². The number of aromatic nitrogens is 3. The largest absolute Gasteiger partial charge is 0.485 e. The Morgan fingerprint density at radius 2 is 0.836 bits per heavy atom. The molecule has 5 heterocycles. The van der Waals surface area contributed by atoms with Gasteiger partial charge >= 0.3 is 0 Å². The summed E-state index contributed by atoms with van der Waals surface area (Å²) in [5.74, 6) is 0.970. The van der Waals surface area contributed by atoms with Gasteiger partial charge in [-0.2, -0.15) is 0 Å². The van der Waals surface area contributed by atoms with E-state index in [1.54, 1.807) is 0 Å². The zero-order valence-electron chi connectivity index (χ0n) is 40.4. The Morgan fingerprint density at radius 1 is 0.370 bits per heavy atom. The van der Waals surface area contributed by atoms with Crippen molar-refractivity contribution >= 4 is 88.1 Å². The lowest BCUT2D eigenvalue weighted by atomic mass is 9.90. The molecule has 1 aliphatic carbocycles. The number of benzene rings is 10. The van der Waals surface area contributed by atoms with Crippen molar-refractivity contribution in [3.63, 3.8) is 0 Å². The Bertz CT molecular complexity index is 4570. The minimum Gasteiger partial charge on any atom is -0.485 e. The summed E-state index contributed by atoms with van der Waals surface area (Å²) >= 11 is 0. The molecule has 0 bridgehead atoms. The first-order chi connectivity index (χ1) is 36.2. The van der Waals surface area contributed by atoms with Gasteiger partial charge in [0.25, 0.3) is 0 Å². The molecular formula is C68H47N3O2. The molecule has 73 heavy (non-hydrogen) atoms. The minimum absolute atomic E-state index is 0.00845. The summed E-state index contributed by atoms with van der Waals surface area (Å²) in [5, 5.41) is 8.34. The third kappa shape index (κ3) is 6.22. The van der Waals surface area contributed by atoms with E-state index in [-0.39, 0.29) is 6.10 Å². The standard InChI is InChI=1S/C66H41N3O2.C2H6/c1-4-14-44(15-5-1)67-57-28-24-40(42-26-30-59-51(34-42)53-36-55-47-20-10-12-22-63(47)70-65(55)38-61(53)68(59)45-16-6-2-7-17-45)32-49(57)50-33-41(25-29-58(50)67)43-27-31-60-52(35-43)54-37-56-48-21-11-13-23-64(48)71-66(56)39-62(54)69(60)46-18-8-3-9-19-46;1-2/h1-38,66H,39H2;1-2H3. The fraction of sp³-hybridized carbons (Fsp3) is 0.0588. The first-order valence-corrected chi connectivity index (χ1v) is 25.5. The van der Waals surface area contributed by atoms with E-state index in [4.69, 9.17) is 9.15 Å². The molecule has 5 heteroatoms. The topological polar surface area (TPSA) is 37.2 Å². The molecule has 14 aromatic rings. The molecule has 0 saturated carbocycles. The van der Waals surface area contributed by atoms with Gasteiger partial charge in [0.1, 0.15) is 23.0 Å². The van der Waals surface area contributed by atoms with Crippen LogP contribution in [0.4, 0.5) is 0 Å². The van der Waals surface area contributed by atoms with Crippen LogP contribution in [0, 0.1) is 0 Å². The molecule has 0 saturated heterocycles. The summed E-state index contributed by atoms with van der Waals surface area (Å²) in [6.07, 6.45) is 3.19. The van der Waals surface area contributed by atoms with E-state index < -0.39 is 0 Å². The van der Waals surface area contributed by atoms with Crippen LogP contribution in [0.2, 0.25) is 0 Å². The molecule has 1 aliphatic heterocycles. The van der Waals surface area contributed by atoms with Crippen LogP contribution in [0.3, 0.4) is 0 Å². The fourth-order valence-corrected chi connectivity index (χ4v) is 12.1. The zero-order chi connectivity index (χ0) is 48.3. The zero-order valence-corrected chi connectivity index (χ0v) is 40.4. The first-order valence-electron chi connectivity index (χ1n) is 25.5. The van der Waals surface area contributed by atoms with Gasteiger partial charge in [-0.15, -0.1) is 0 Å². The van der Waals surface area contributed by atoms with Gasteiger partial charge in [-0.05, 0) is 131 Å². The van der Waals surface area contributed by atoms with Gasteiger partial charge in [-0.3, -0.25) is 0 Å². The summed E-state index contributed by atoms with van der Waals surface area (Å²) in [4.78, 5) is 0. The van der Waals surface area contributed by atoms with Crippen LogP contribution in [-0.4, -0.2) is 19.8 Å². The molecule has 0 N–H and O–H groups in total. The van der Waals surface area contributed by atoms with E-state index >= 15 is 0 Å². The molecule has 5 nitrogen and oxygen atoms in total. The Kier molecular flexibility index (Phi) is 9.15. The van der Waals surface area contributed by atoms with Crippen LogP contribution in [0.5, 0.6) is 5.75 Å². The van der Waals surface area contributed by atoms with E-state index in [0.29, 0.717) is 0 Å². The van der Waals surface area contributed by atoms with Gasteiger partial charge in [0.2, 0.25) is 0 Å². The van der Waals surface area contributed by atoms with E-state index in [1.165, 1.54) is 88.1 Å². The van der Waals surface area contributed by atoms with E-state index in [2.05, 4.69) is 238 Å². The number of rotatable bonds is 5. The number of furan rings is 1. The molecule has 1 atom stereocenters. The molecule has 2 aliphatic rings. The highest BCUT2D eigenvalue weighted by Gasteiger charge is 2.35. The first kappa shape index (κ1) is 41.5. The molecular weight excluding hydrogens is 891 g/mol. The molecule has 0 amide bonds. The van der Waals surface area contributed by atoms with Crippen molar-refractivity contribution in [2.24, 2.45) is 0 Å². The highest BCUT2D eigenvalue weighted by atomic mass is 16.5. The molecule has 0 spiro atoms. The number of hydrogen-bond acceptors (Lipinski definition) is 2. The Hall–Kier alpha value is -9.32. The fourth-order valence-electron chi connectivity index (χ4n) is 12.1. The summed E-state index contributed by atoms with van der Waals surface area (Å²) in [7, 11) is 0. The predicted molar refractivity (Wildman–Crippen MR) is 304 cm³/mol. The summed E-state index contributed by atoms with van der Waals surface area (Å²) < 4.78 is 20.3. The molecule has 4 aromatic heterocycles. The Balaban J connectivity index is 0.00000234. The average Bonchev–Trinajstić information content (AvgIpc) is 4.26. The van der Waals surface area contributed by atoms with Crippen molar-refractivity contribution in [3.05, 3.63) is 241 Å². The van der Waals surface area contributed by atoms with Crippen LogP contribution in [-0.2, 0) is 6.42 Å². The molecule has 0 fully saturated rings. The summed E-state index contributed by atoms with van der Waals surface area (Å²) in [6.45, 7) is 4.00. The van der Waals surface area contributed by atoms with Crippen LogP contribution >= 0.6 is 0 Å². The maximum Gasteiger partial charge on any atom is 0.137 e. The third-order valence-corrected chi connectivity index (χ3v) is 15.3. The number of fused-ring (bicyclic) bond motifs is 15. The summed E-state index contributed by atoms with van der Waals surface area (Å²) in [6, 6.07) is 81.6. The molecule has 10 aromatic carbocycles. The normalized spacial score (nSPS) is 13.9. The number of nitrogens with zero attached hydrogens (tertiary/aromatic N) is 3. The van der Waals surface area contributed by atoms with E-state index in [0.717, 1.165) is 62.2 Å². The van der Waals surface area contributed by atoms with Crippen LogP contribution < -0.4 is 4.74 Å². The Morgan fingerprint density at radius 3 is 1.42 bits per heavy atom. The van der Waals surface area contributed by atoms with Crippen molar-refractivity contribution in [2.45, 2.75) is 26.4 Å². The SMILES string of the molecule is C1=C2c3ccccc3OC2Cc2c1c1cc(-c3ccc4c(c3)c3cc(-c5ccc6c(c5)c5cc7c(cc5n6-c5ccccc5)oc5ccccc57)ccc3n4-c3ccccc3)ccc1n2-c1ccccc1.CC. The lowest BCUT2D eigenvalue weighted by Gasteiger charge is -2.20. The van der Waals surface area contributed by atoms with E-state index in [1.807, 2.05) is 19.9 Å². The predicted octanol–water partition coefficient (Wildman–Crippen LogP) is 17.9. The molecule has 346 valence electrons.